The van der Waals surface area contributed by atoms with Crippen LogP contribution in [0.15, 0.2) is 0 Å². The van der Waals surface area contributed by atoms with Crippen molar-refractivity contribution in [3.8, 4) is 0 Å². The number of aliphatic hydroxyl groups is 1. The molecule has 0 aromatic carbocycles. The second kappa shape index (κ2) is 4.06. The third kappa shape index (κ3) is 1.83. The number of fused-ring (bicyclic) bond motifs is 2. The SMILES string of the molecule is OC1CCC2CC1CN2C1CCCCC1. The molecule has 2 bridgehead atoms. The fraction of sp³-hybridized carbons (Fsp3) is 1.00. The van der Waals surface area contributed by atoms with Crippen LogP contribution in [0.4, 0.5) is 0 Å². The quantitative estimate of drug-likeness (QED) is 0.715. The van der Waals surface area contributed by atoms with Gasteiger partial charge in [0.1, 0.15) is 0 Å². The van der Waals surface area contributed by atoms with Gasteiger partial charge in [-0.3, -0.25) is 4.90 Å². The van der Waals surface area contributed by atoms with E-state index < -0.39 is 0 Å². The predicted molar refractivity (Wildman–Crippen MR) is 60.7 cm³/mol. The van der Waals surface area contributed by atoms with Crippen LogP contribution in [0, 0.1) is 5.92 Å². The molecule has 1 aliphatic heterocycles. The molecule has 3 unspecified atom stereocenters. The normalized spacial score (nSPS) is 43.4. The Bertz CT molecular complexity index is 225. The Kier molecular flexibility index (Phi) is 2.73. The Morgan fingerprint density at radius 2 is 1.67 bits per heavy atom. The van der Waals surface area contributed by atoms with Crippen molar-refractivity contribution < 1.29 is 5.11 Å². The molecule has 3 atom stereocenters. The van der Waals surface area contributed by atoms with Gasteiger partial charge >= 0.3 is 0 Å². The molecule has 0 amide bonds. The lowest BCUT2D eigenvalue weighted by atomic mass is 9.87. The van der Waals surface area contributed by atoms with E-state index in [1.54, 1.807) is 0 Å². The molecule has 2 aliphatic carbocycles. The summed E-state index contributed by atoms with van der Waals surface area (Å²) in [6.45, 7) is 1.19. The van der Waals surface area contributed by atoms with Crippen molar-refractivity contribution in [1.29, 1.82) is 0 Å². The molecule has 2 saturated carbocycles. The Morgan fingerprint density at radius 1 is 0.867 bits per heavy atom. The summed E-state index contributed by atoms with van der Waals surface area (Å²) >= 11 is 0. The van der Waals surface area contributed by atoms with Gasteiger partial charge in [-0.1, -0.05) is 19.3 Å². The lowest BCUT2D eigenvalue weighted by Crippen LogP contribution is -2.39. The Morgan fingerprint density at radius 3 is 2.40 bits per heavy atom. The van der Waals surface area contributed by atoms with Crippen molar-refractivity contribution in [2.24, 2.45) is 5.92 Å². The van der Waals surface area contributed by atoms with Gasteiger partial charge in [-0.05, 0) is 38.0 Å². The van der Waals surface area contributed by atoms with Gasteiger partial charge in [-0.2, -0.15) is 0 Å². The summed E-state index contributed by atoms with van der Waals surface area (Å²) in [5.41, 5.74) is 0. The van der Waals surface area contributed by atoms with Gasteiger partial charge in [0.05, 0.1) is 6.10 Å². The number of aliphatic hydroxyl groups excluding tert-OH is 1. The molecular weight excluding hydrogens is 186 g/mol. The molecule has 1 heterocycles. The fourth-order valence-electron chi connectivity index (χ4n) is 4.00. The second-order valence-corrected chi connectivity index (χ2v) is 5.78. The lowest BCUT2D eigenvalue weighted by molar-refractivity contribution is 0.0888. The van der Waals surface area contributed by atoms with Crippen molar-refractivity contribution in [1.82, 2.24) is 4.90 Å². The van der Waals surface area contributed by atoms with Gasteiger partial charge in [-0.25, -0.2) is 0 Å². The van der Waals surface area contributed by atoms with Gasteiger partial charge in [-0.15, -0.1) is 0 Å². The van der Waals surface area contributed by atoms with Gasteiger partial charge in [0, 0.05) is 18.6 Å². The maximum atomic E-state index is 9.89. The Labute approximate surface area is 92.7 Å². The molecule has 86 valence electrons. The van der Waals surface area contributed by atoms with E-state index in [-0.39, 0.29) is 6.10 Å². The molecule has 3 aliphatic rings. The van der Waals surface area contributed by atoms with Crippen LogP contribution in [0.25, 0.3) is 0 Å². The van der Waals surface area contributed by atoms with E-state index in [1.165, 1.54) is 51.5 Å². The topological polar surface area (TPSA) is 23.5 Å². The fourth-order valence-corrected chi connectivity index (χ4v) is 4.00. The number of likely N-dealkylation sites (tertiary alicyclic amines) is 1. The third-order valence-corrected chi connectivity index (χ3v) is 4.87. The first kappa shape index (κ1) is 10.1. The zero-order valence-corrected chi connectivity index (χ0v) is 9.57. The van der Waals surface area contributed by atoms with E-state index in [0.29, 0.717) is 5.92 Å². The highest BCUT2D eigenvalue weighted by Gasteiger charge is 2.42. The first-order chi connectivity index (χ1) is 7.34. The lowest BCUT2D eigenvalue weighted by Gasteiger charge is -2.35. The summed E-state index contributed by atoms with van der Waals surface area (Å²) in [4.78, 5) is 2.75. The average molecular weight is 209 g/mol. The minimum atomic E-state index is 0.00911. The van der Waals surface area contributed by atoms with E-state index in [9.17, 15) is 5.11 Å². The minimum absolute atomic E-state index is 0.00911. The molecular formula is C13H23NO. The van der Waals surface area contributed by atoms with Gasteiger partial charge in [0.15, 0.2) is 0 Å². The van der Waals surface area contributed by atoms with Crippen LogP contribution in [0.5, 0.6) is 0 Å². The minimum Gasteiger partial charge on any atom is -0.393 e. The van der Waals surface area contributed by atoms with Gasteiger partial charge in [0.2, 0.25) is 0 Å². The summed E-state index contributed by atoms with van der Waals surface area (Å²) in [5.74, 6) is 0.602. The number of rotatable bonds is 1. The molecule has 1 N–H and O–H groups in total. The van der Waals surface area contributed by atoms with Crippen LogP contribution < -0.4 is 0 Å². The summed E-state index contributed by atoms with van der Waals surface area (Å²) in [6, 6.07) is 1.68. The molecule has 0 spiro atoms. The molecule has 15 heavy (non-hydrogen) atoms. The first-order valence-corrected chi connectivity index (χ1v) is 6.78. The second-order valence-electron chi connectivity index (χ2n) is 5.78. The molecule has 2 heteroatoms. The van der Waals surface area contributed by atoms with Gasteiger partial charge in [0.25, 0.3) is 0 Å². The van der Waals surface area contributed by atoms with Crippen molar-refractivity contribution >= 4 is 0 Å². The van der Waals surface area contributed by atoms with Gasteiger partial charge < -0.3 is 5.11 Å². The summed E-state index contributed by atoms with van der Waals surface area (Å²) in [6.07, 6.45) is 10.7. The molecule has 0 radical (unpaired) electrons. The summed E-state index contributed by atoms with van der Waals surface area (Å²) in [5, 5.41) is 9.89. The van der Waals surface area contributed by atoms with Crippen molar-refractivity contribution in [2.75, 3.05) is 6.54 Å². The average Bonchev–Trinajstić information content (AvgIpc) is 2.65. The number of hydrogen-bond donors (Lipinski definition) is 1. The first-order valence-electron chi connectivity index (χ1n) is 6.78. The number of hydrogen-bond acceptors (Lipinski definition) is 2. The highest BCUT2D eigenvalue weighted by atomic mass is 16.3. The van der Waals surface area contributed by atoms with E-state index in [4.69, 9.17) is 0 Å². The standard InChI is InChI=1S/C13H23NO/c15-13-7-6-12-8-10(13)9-14(12)11-4-2-1-3-5-11/h10-13,15H,1-9H2. The summed E-state index contributed by atoms with van der Waals surface area (Å²) < 4.78 is 0. The molecule has 3 fully saturated rings. The molecule has 3 rings (SSSR count). The highest BCUT2D eigenvalue weighted by molar-refractivity contribution is 4.96. The largest absolute Gasteiger partial charge is 0.393 e. The van der Waals surface area contributed by atoms with Crippen LogP contribution in [-0.4, -0.2) is 34.7 Å². The zero-order chi connectivity index (χ0) is 10.3. The van der Waals surface area contributed by atoms with Crippen LogP contribution in [-0.2, 0) is 0 Å². The van der Waals surface area contributed by atoms with E-state index in [0.717, 1.165) is 18.5 Å². The maximum absolute atomic E-state index is 9.89. The van der Waals surface area contributed by atoms with Crippen molar-refractivity contribution in [3.05, 3.63) is 0 Å². The Balaban J connectivity index is 1.67. The molecule has 0 aromatic rings. The predicted octanol–water partition coefficient (Wildman–Crippen LogP) is 2.16. The van der Waals surface area contributed by atoms with Crippen molar-refractivity contribution in [2.45, 2.75) is 69.6 Å². The van der Waals surface area contributed by atoms with Crippen molar-refractivity contribution in [3.63, 3.8) is 0 Å². The summed E-state index contributed by atoms with van der Waals surface area (Å²) in [7, 11) is 0. The smallest absolute Gasteiger partial charge is 0.0581 e. The molecule has 1 saturated heterocycles. The van der Waals surface area contributed by atoms with Crippen LogP contribution in [0.3, 0.4) is 0 Å². The third-order valence-electron chi connectivity index (χ3n) is 4.87. The van der Waals surface area contributed by atoms with Crippen LogP contribution in [0.1, 0.15) is 51.4 Å². The van der Waals surface area contributed by atoms with E-state index >= 15 is 0 Å². The van der Waals surface area contributed by atoms with E-state index in [1.807, 2.05) is 0 Å². The van der Waals surface area contributed by atoms with Crippen LogP contribution in [0.2, 0.25) is 0 Å². The zero-order valence-electron chi connectivity index (χ0n) is 9.57. The van der Waals surface area contributed by atoms with E-state index in [2.05, 4.69) is 4.90 Å². The van der Waals surface area contributed by atoms with Crippen LogP contribution >= 0.6 is 0 Å². The Hall–Kier alpha value is -0.0800. The maximum Gasteiger partial charge on any atom is 0.0581 e. The monoisotopic (exact) mass is 209 g/mol. The molecule has 0 aromatic heterocycles. The highest BCUT2D eigenvalue weighted by Crippen LogP contribution is 2.39. The number of nitrogens with zero attached hydrogens (tertiary/aromatic N) is 1. The molecule has 2 nitrogen and oxygen atoms in total.